The van der Waals surface area contributed by atoms with E-state index < -0.39 is 0 Å². The van der Waals surface area contributed by atoms with Crippen LogP contribution < -0.4 is 10.2 Å². The largest absolute Gasteiger partial charge is 0.466 e. The van der Waals surface area contributed by atoms with Crippen LogP contribution in [0, 0.1) is 5.41 Å². The van der Waals surface area contributed by atoms with Gasteiger partial charge in [-0.05, 0) is 37.3 Å². The Balaban J connectivity index is 1.81. The smallest absolute Gasteiger partial charge is 0.335 e. The maximum Gasteiger partial charge on any atom is 0.335 e. The Labute approximate surface area is 149 Å². The number of methoxy groups -OCH3 is 1. The number of piperidine rings is 1. The minimum atomic E-state index is -0.139. The summed E-state index contributed by atoms with van der Waals surface area (Å²) in [6.45, 7) is 4.81. The molecule has 1 aliphatic carbocycles. The molecule has 2 unspecified atom stereocenters. The van der Waals surface area contributed by atoms with Crippen molar-refractivity contribution in [1.82, 2.24) is 0 Å². The summed E-state index contributed by atoms with van der Waals surface area (Å²) in [5.74, 6) is -0.139. The third-order valence-corrected chi connectivity index (χ3v) is 7.61. The molecule has 4 atom stereocenters. The van der Waals surface area contributed by atoms with Crippen molar-refractivity contribution >= 4 is 11.7 Å². The molecule has 1 aromatic carbocycles. The Morgan fingerprint density at radius 2 is 2.16 bits per heavy atom. The SMILES string of the molecule is CC[C@]12CCC[NH+]3CC[C@]4(C(=C(C(=O)OC)C1)Nc1ccccc14)C32. The van der Waals surface area contributed by atoms with Crippen molar-refractivity contribution < 1.29 is 14.4 Å². The van der Waals surface area contributed by atoms with Crippen LogP contribution in [0.1, 0.15) is 44.6 Å². The molecule has 2 N–H and O–H groups in total. The molecule has 0 saturated carbocycles. The maximum atomic E-state index is 12.7. The third kappa shape index (κ3) is 1.74. The number of esters is 1. The van der Waals surface area contributed by atoms with Gasteiger partial charge in [0.05, 0.1) is 31.2 Å². The van der Waals surface area contributed by atoms with Crippen LogP contribution >= 0.6 is 0 Å². The predicted molar refractivity (Wildman–Crippen MR) is 96.5 cm³/mol. The molecule has 0 bridgehead atoms. The Morgan fingerprint density at radius 3 is 2.96 bits per heavy atom. The number of carbonyl (C=O) groups is 1. The zero-order chi connectivity index (χ0) is 17.2. The topological polar surface area (TPSA) is 42.8 Å². The highest BCUT2D eigenvalue weighted by Gasteiger charge is 2.69. The number of hydrogen-bond donors (Lipinski definition) is 2. The number of nitrogens with one attached hydrogen (secondary N) is 2. The van der Waals surface area contributed by atoms with Crippen LogP contribution in [0.25, 0.3) is 0 Å². The lowest BCUT2D eigenvalue weighted by atomic mass is 9.53. The molecule has 2 saturated heterocycles. The van der Waals surface area contributed by atoms with Gasteiger partial charge in [0.15, 0.2) is 0 Å². The molecule has 5 rings (SSSR count). The predicted octanol–water partition coefficient (Wildman–Crippen LogP) is 2.03. The number of quaternary nitrogens is 1. The van der Waals surface area contributed by atoms with Gasteiger partial charge in [-0.15, -0.1) is 0 Å². The van der Waals surface area contributed by atoms with Crippen molar-refractivity contribution in [3.05, 3.63) is 41.1 Å². The maximum absolute atomic E-state index is 12.7. The van der Waals surface area contributed by atoms with Gasteiger partial charge in [0.1, 0.15) is 6.04 Å². The van der Waals surface area contributed by atoms with E-state index in [-0.39, 0.29) is 16.8 Å². The third-order valence-electron chi connectivity index (χ3n) is 7.61. The molecule has 4 heteroatoms. The van der Waals surface area contributed by atoms with Crippen molar-refractivity contribution in [1.29, 1.82) is 0 Å². The second-order valence-electron chi connectivity index (χ2n) is 8.32. The van der Waals surface area contributed by atoms with E-state index in [4.69, 9.17) is 4.74 Å². The van der Waals surface area contributed by atoms with Crippen molar-refractivity contribution in [3.8, 4) is 0 Å². The average molecular weight is 339 g/mol. The van der Waals surface area contributed by atoms with E-state index in [1.54, 1.807) is 4.90 Å². The molecule has 0 amide bonds. The van der Waals surface area contributed by atoms with Crippen molar-refractivity contribution in [2.24, 2.45) is 5.41 Å². The first-order chi connectivity index (χ1) is 12.2. The molecule has 4 nitrogen and oxygen atoms in total. The van der Waals surface area contributed by atoms with Gasteiger partial charge >= 0.3 is 5.97 Å². The number of rotatable bonds is 2. The van der Waals surface area contributed by atoms with Gasteiger partial charge in [-0.2, -0.15) is 0 Å². The lowest BCUT2D eigenvalue weighted by Crippen LogP contribution is -3.17. The first-order valence-corrected chi connectivity index (χ1v) is 9.69. The van der Waals surface area contributed by atoms with Crippen LogP contribution in [0.3, 0.4) is 0 Å². The van der Waals surface area contributed by atoms with Gasteiger partial charge < -0.3 is 15.0 Å². The number of fused-ring (bicyclic) bond motifs is 1. The molecule has 132 valence electrons. The van der Waals surface area contributed by atoms with Gasteiger partial charge in [-0.3, -0.25) is 0 Å². The molecule has 0 aromatic heterocycles. The second kappa shape index (κ2) is 5.10. The monoisotopic (exact) mass is 339 g/mol. The van der Waals surface area contributed by atoms with Crippen LogP contribution in [0.4, 0.5) is 5.69 Å². The summed E-state index contributed by atoms with van der Waals surface area (Å²) in [4.78, 5) is 14.5. The van der Waals surface area contributed by atoms with Crippen LogP contribution in [0.15, 0.2) is 35.5 Å². The quantitative estimate of drug-likeness (QED) is 0.810. The minimum absolute atomic E-state index is 0.0237. The van der Waals surface area contributed by atoms with Crippen molar-refractivity contribution in [3.63, 3.8) is 0 Å². The van der Waals surface area contributed by atoms with E-state index in [1.807, 2.05) is 0 Å². The lowest BCUT2D eigenvalue weighted by molar-refractivity contribution is -0.929. The summed E-state index contributed by atoms with van der Waals surface area (Å²) < 4.78 is 5.23. The normalized spacial score (nSPS) is 37.8. The molecule has 1 spiro atoms. The van der Waals surface area contributed by atoms with Crippen LogP contribution in [-0.4, -0.2) is 32.2 Å². The van der Waals surface area contributed by atoms with E-state index in [0.29, 0.717) is 6.04 Å². The minimum Gasteiger partial charge on any atom is -0.466 e. The number of carbonyl (C=O) groups excluding carboxylic acids is 1. The summed E-state index contributed by atoms with van der Waals surface area (Å²) in [6.07, 6.45) is 5.64. The molecule has 2 fully saturated rings. The average Bonchev–Trinajstić information content (AvgIpc) is 3.21. The molecular formula is C21H27N2O2+. The van der Waals surface area contributed by atoms with E-state index in [9.17, 15) is 4.79 Å². The van der Waals surface area contributed by atoms with Crippen molar-refractivity contribution in [2.75, 3.05) is 25.5 Å². The molecule has 4 aliphatic rings. The number of para-hydroxylation sites is 1. The second-order valence-corrected chi connectivity index (χ2v) is 8.32. The fraction of sp³-hybridized carbons (Fsp3) is 0.571. The lowest BCUT2D eigenvalue weighted by Gasteiger charge is -2.53. The van der Waals surface area contributed by atoms with Gasteiger partial charge in [-0.1, -0.05) is 25.1 Å². The van der Waals surface area contributed by atoms with Gasteiger partial charge in [-0.25, -0.2) is 4.79 Å². The fourth-order valence-electron chi connectivity index (χ4n) is 6.73. The van der Waals surface area contributed by atoms with Gasteiger partial charge in [0.2, 0.25) is 0 Å². The standard InChI is InChI=1S/C21H26N2O2/c1-3-20-9-6-11-23-12-10-21(19(20)23)15-7-4-5-8-16(15)22-17(21)14(13-20)18(24)25-2/h4-5,7-8,19,22H,3,6,9-13H2,1-2H3/p+1/t19?,20-,21-/m0/s1. The van der Waals surface area contributed by atoms with Gasteiger partial charge in [0, 0.05) is 23.2 Å². The summed E-state index contributed by atoms with van der Waals surface area (Å²) in [5, 5.41) is 3.66. The van der Waals surface area contributed by atoms with E-state index in [0.717, 1.165) is 30.5 Å². The summed E-state index contributed by atoms with van der Waals surface area (Å²) in [5.41, 5.74) is 4.86. The van der Waals surface area contributed by atoms with Crippen LogP contribution in [0.5, 0.6) is 0 Å². The molecule has 25 heavy (non-hydrogen) atoms. The van der Waals surface area contributed by atoms with Gasteiger partial charge in [0.25, 0.3) is 0 Å². The highest BCUT2D eigenvalue weighted by molar-refractivity contribution is 5.93. The number of ether oxygens (including phenoxy) is 1. The van der Waals surface area contributed by atoms with Crippen LogP contribution in [0.2, 0.25) is 0 Å². The zero-order valence-corrected chi connectivity index (χ0v) is 15.2. The molecule has 1 aromatic rings. The Morgan fingerprint density at radius 1 is 1.32 bits per heavy atom. The summed E-state index contributed by atoms with van der Waals surface area (Å²) in [6, 6.07) is 9.27. The Bertz CT molecular complexity index is 786. The fourth-order valence-corrected chi connectivity index (χ4v) is 6.73. The summed E-state index contributed by atoms with van der Waals surface area (Å²) in [7, 11) is 1.52. The molecular weight excluding hydrogens is 312 g/mol. The molecule has 3 heterocycles. The Hall–Kier alpha value is -1.81. The first-order valence-electron chi connectivity index (χ1n) is 9.69. The highest BCUT2D eigenvalue weighted by atomic mass is 16.5. The van der Waals surface area contributed by atoms with E-state index in [2.05, 4.69) is 36.5 Å². The molecule has 3 aliphatic heterocycles. The number of anilines is 1. The number of hydrogen-bond acceptors (Lipinski definition) is 3. The van der Waals surface area contributed by atoms with Crippen molar-refractivity contribution in [2.45, 2.75) is 50.5 Å². The highest BCUT2D eigenvalue weighted by Crippen LogP contribution is 2.61. The summed E-state index contributed by atoms with van der Waals surface area (Å²) >= 11 is 0. The van der Waals surface area contributed by atoms with Crippen LogP contribution in [-0.2, 0) is 14.9 Å². The van der Waals surface area contributed by atoms with E-state index in [1.165, 1.54) is 44.3 Å². The van der Waals surface area contributed by atoms with E-state index >= 15 is 0 Å². The zero-order valence-electron chi connectivity index (χ0n) is 15.2. The Kier molecular flexibility index (Phi) is 3.15. The first kappa shape index (κ1) is 15.4. The number of benzene rings is 1. The molecule has 0 radical (unpaired) electrons.